The molecular weight excluding hydrogens is 280 g/mol. The Balaban J connectivity index is 1.66. The Bertz CT molecular complexity index is 879. The molecule has 0 atom stereocenters. The number of fused-ring (bicyclic) bond motifs is 1. The summed E-state index contributed by atoms with van der Waals surface area (Å²) in [6.45, 7) is 0. The largest absolute Gasteiger partial charge is 0.326 e. The van der Waals surface area contributed by atoms with Crippen LogP contribution in [0.4, 0.5) is 5.69 Å². The van der Waals surface area contributed by atoms with E-state index in [4.69, 9.17) is 0 Å². The molecule has 6 nitrogen and oxygen atoms in total. The Morgan fingerprint density at radius 2 is 2.18 bits per heavy atom. The van der Waals surface area contributed by atoms with Crippen LogP contribution in [0, 0.1) is 0 Å². The van der Waals surface area contributed by atoms with Crippen LogP contribution in [0.15, 0.2) is 47.5 Å². The highest BCUT2D eigenvalue weighted by molar-refractivity contribution is 5.93. The van der Waals surface area contributed by atoms with E-state index in [9.17, 15) is 9.59 Å². The maximum atomic E-state index is 12.0. The van der Waals surface area contributed by atoms with Crippen LogP contribution < -0.4 is 10.9 Å². The molecule has 112 valence electrons. The first kappa shape index (κ1) is 14.1. The predicted molar refractivity (Wildman–Crippen MR) is 84.7 cm³/mol. The standard InChI is InChI=1S/C16H16N4O2/c1-20-10-11(9-17-20)2-6-15(21)18-13-4-5-14-12(8-13)3-7-16(22)19-14/h3-5,7-10H,2,6H2,1H3,(H,18,21)(H,19,22). The summed E-state index contributed by atoms with van der Waals surface area (Å²) < 4.78 is 1.72. The molecule has 3 rings (SSSR count). The third-order valence-corrected chi connectivity index (χ3v) is 3.41. The fourth-order valence-electron chi connectivity index (χ4n) is 2.31. The van der Waals surface area contributed by atoms with Crippen molar-refractivity contribution in [3.05, 3.63) is 58.6 Å². The molecule has 2 aromatic heterocycles. The lowest BCUT2D eigenvalue weighted by Gasteiger charge is -2.06. The summed E-state index contributed by atoms with van der Waals surface area (Å²) in [7, 11) is 1.85. The van der Waals surface area contributed by atoms with Crippen molar-refractivity contribution in [2.24, 2.45) is 7.05 Å². The first-order valence-corrected chi connectivity index (χ1v) is 7.01. The number of nitrogens with one attached hydrogen (secondary N) is 2. The van der Waals surface area contributed by atoms with Gasteiger partial charge in [0, 0.05) is 42.3 Å². The van der Waals surface area contributed by atoms with Gasteiger partial charge in [-0.1, -0.05) is 0 Å². The van der Waals surface area contributed by atoms with Crippen molar-refractivity contribution < 1.29 is 4.79 Å². The van der Waals surface area contributed by atoms with E-state index in [2.05, 4.69) is 15.4 Å². The minimum atomic E-state index is -0.138. The maximum absolute atomic E-state index is 12.0. The number of aromatic amines is 1. The number of hydrogen-bond donors (Lipinski definition) is 2. The van der Waals surface area contributed by atoms with E-state index in [0.717, 1.165) is 22.2 Å². The summed E-state index contributed by atoms with van der Waals surface area (Å²) in [5, 5.41) is 7.82. The molecule has 22 heavy (non-hydrogen) atoms. The second-order valence-electron chi connectivity index (χ2n) is 5.20. The van der Waals surface area contributed by atoms with Crippen molar-refractivity contribution in [3.63, 3.8) is 0 Å². The number of aromatic nitrogens is 3. The van der Waals surface area contributed by atoms with E-state index in [1.54, 1.807) is 29.1 Å². The molecule has 2 heterocycles. The first-order valence-electron chi connectivity index (χ1n) is 7.01. The van der Waals surface area contributed by atoms with Gasteiger partial charge in [0.25, 0.3) is 0 Å². The van der Waals surface area contributed by atoms with Crippen molar-refractivity contribution in [3.8, 4) is 0 Å². The Kier molecular flexibility index (Phi) is 3.74. The second kappa shape index (κ2) is 5.85. The van der Waals surface area contributed by atoms with Crippen LogP contribution in [0.25, 0.3) is 10.9 Å². The number of carbonyl (C=O) groups is 1. The highest BCUT2D eigenvalue weighted by Gasteiger charge is 2.05. The van der Waals surface area contributed by atoms with Gasteiger partial charge in [-0.05, 0) is 36.2 Å². The van der Waals surface area contributed by atoms with Crippen LogP contribution in [-0.4, -0.2) is 20.7 Å². The maximum Gasteiger partial charge on any atom is 0.248 e. The summed E-state index contributed by atoms with van der Waals surface area (Å²) >= 11 is 0. The summed E-state index contributed by atoms with van der Waals surface area (Å²) in [4.78, 5) is 26.0. The average molecular weight is 296 g/mol. The number of H-pyrrole nitrogens is 1. The zero-order valence-electron chi connectivity index (χ0n) is 12.2. The molecule has 0 fully saturated rings. The lowest BCUT2D eigenvalue weighted by Crippen LogP contribution is -2.12. The van der Waals surface area contributed by atoms with E-state index in [1.807, 2.05) is 19.3 Å². The molecular formula is C16H16N4O2. The highest BCUT2D eigenvalue weighted by Crippen LogP contribution is 2.16. The molecule has 0 aliphatic rings. The Hall–Kier alpha value is -2.89. The molecule has 0 radical (unpaired) electrons. The lowest BCUT2D eigenvalue weighted by molar-refractivity contribution is -0.116. The van der Waals surface area contributed by atoms with Gasteiger partial charge in [0.05, 0.1) is 6.20 Å². The van der Waals surface area contributed by atoms with Crippen LogP contribution in [0.1, 0.15) is 12.0 Å². The van der Waals surface area contributed by atoms with E-state index in [0.29, 0.717) is 12.8 Å². The molecule has 0 saturated carbocycles. The molecule has 0 spiro atoms. The van der Waals surface area contributed by atoms with Gasteiger partial charge in [0.15, 0.2) is 0 Å². The van der Waals surface area contributed by atoms with Crippen molar-refractivity contribution in [1.82, 2.24) is 14.8 Å². The molecule has 2 N–H and O–H groups in total. The first-order chi connectivity index (χ1) is 10.6. The molecule has 0 aliphatic heterocycles. The number of anilines is 1. The molecule has 0 bridgehead atoms. The number of hydrogen-bond acceptors (Lipinski definition) is 3. The van der Waals surface area contributed by atoms with Gasteiger partial charge in [-0.15, -0.1) is 0 Å². The quantitative estimate of drug-likeness (QED) is 0.771. The molecule has 6 heteroatoms. The van der Waals surface area contributed by atoms with Gasteiger partial charge in [-0.3, -0.25) is 14.3 Å². The van der Waals surface area contributed by atoms with Crippen LogP contribution in [-0.2, 0) is 18.3 Å². The number of amides is 1. The fraction of sp³-hybridized carbons (Fsp3) is 0.188. The van der Waals surface area contributed by atoms with Crippen molar-refractivity contribution in [2.45, 2.75) is 12.8 Å². The number of benzene rings is 1. The lowest BCUT2D eigenvalue weighted by atomic mass is 10.1. The van der Waals surface area contributed by atoms with E-state index < -0.39 is 0 Å². The Labute approximate surface area is 126 Å². The zero-order valence-corrected chi connectivity index (χ0v) is 12.2. The fourth-order valence-corrected chi connectivity index (χ4v) is 2.31. The number of pyridine rings is 1. The van der Waals surface area contributed by atoms with Crippen LogP contribution in [0.3, 0.4) is 0 Å². The van der Waals surface area contributed by atoms with Gasteiger partial charge in [-0.25, -0.2) is 0 Å². The van der Waals surface area contributed by atoms with E-state index in [1.165, 1.54) is 6.07 Å². The van der Waals surface area contributed by atoms with E-state index in [-0.39, 0.29) is 11.5 Å². The van der Waals surface area contributed by atoms with Gasteiger partial charge in [0.2, 0.25) is 11.5 Å². The van der Waals surface area contributed by atoms with Crippen molar-refractivity contribution in [2.75, 3.05) is 5.32 Å². The third kappa shape index (κ3) is 3.22. The van der Waals surface area contributed by atoms with Gasteiger partial charge >= 0.3 is 0 Å². The molecule has 0 saturated heterocycles. The number of aryl methyl sites for hydroxylation is 2. The Morgan fingerprint density at radius 3 is 2.95 bits per heavy atom. The van der Waals surface area contributed by atoms with Gasteiger partial charge in [-0.2, -0.15) is 5.10 Å². The SMILES string of the molecule is Cn1cc(CCC(=O)Nc2ccc3[nH]c(=O)ccc3c2)cn1. The molecule has 0 unspecified atom stereocenters. The summed E-state index contributed by atoms with van der Waals surface area (Å²) in [5.74, 6) is -0.0485. The van der Waals surface area contributed by atoms with Crippen LogP contribution in [0.5, 0.6) is 0 Å². The Morgan fingerprint density at radius 1 is 1.32 bits per heavy atom. The normalized spacial score (nSPS) is 10.8. The topological polar surface area (TPSA) is 79.8 Å². The van der Waals surface area contributed by atoms with Crippen LogP contribution >= 0.6 is 0 Å². The molecule has 0 aliphatic carbocycles. The second-order valence-corrected chi connectivity index (χ2v) is 5.20. The zero-order chi connectivity index (χ0) is 15.5. The van der Waals surface area contributed by atoms with E-state index >= 15 is 0 Å². The average Bonchev–Trinajstić information content (AvgIpc) is 2.91. The van der Waals surface area contributed by atoms with Gasteiger partial charge in [0.1, 0.15) is 0 Å². The number of nitrogens with zero attached hydrogens (tertiary/aromatic N) is 2. The summed E-state index contributed by atoms with van der Waals surface area (Å²) in [5.41, 5.74) is 2.37. The monoisotopic (exact) mass is 296 g/mol. The smallest absolute Gasteiger partial charge is 0.248 e. The highest BCUT2D eigenvalue weighted by atomic mass is 16.1. The molecule has 1 amide bonds. The molecule has 3 aromatic rings. The van der Waals surface area contributed by atoms with Crippen LogP contribution in [0.2, 0.25) is 0 Å². The van der Waals surface area contributed by atoms with Gasteiger partial charge < -0.3 is 10.3 Å². The third-order valence-electron chi connectivity index (χ3n) is 3.41. The summed E-state index contributed by atoms with van der Waals surface area (Å²) in [6, 6.07) is 8.61. The minimum absolute atomic E-state index is 0.0485. The predicted octanol–water partition coefficient (Wildman–Crippen LogP) is 1.83. The number of rotatable bonds is 4. The number of carbonyl (C=O) groups excluding carboxylic acids is 1. The van der Waals surface area contributed by atoms with Crippen molar-refractivity contribution >= 4 is 22.5 Å². The molecule has 1 aromatic carbocycles. The minimum Gasteiger partial charge on any atom is -0.326 e. The summed E-state index contributed by atoms with van der Waals surface area (Å²) in [6.07, 6.45) is 4.72. The van der Waals surface area contributed by atoms with Crippen molar-refractivity contribution in [1.29, 1.82) is 0 Å².